The largest absolute Gasteiger partial charge is 0.383 e. The Morgan fingerprint density at radius 1 is 1.37 bits per heavy atom. The van der Waals surface area contributed by atoms with E-state index in [9.17, 15) is 15.2 Å². The Balaban J connectivity index is 2.14. The quantitative estimate of drug-likeness (QED) is 0.754. The minimum absolute atomic E-state index is 0.187. The van der Waals surface area contributed by atoms with Crippen molar-refractivity contribution in [3.8, 4) is 6.07 Å². The molecule has 27 heavy (non-hydrogen) atoms. The van der Waals surface area contributed by atoms with Gasteiger partial charge in [-0.1, -0.05) is 26.8 Å². The second-order valence-electron chi connectivity index (χ2n) is 7.73. The number of nitriles is 1. The fraction of sp³-hybridized carbons (Fsp3) is 0.500. The van der Waals surface area contributed by atoms with Crippen molar-refractivity contribution in [2.45, 2.75) is 38.8 Å². The van der Waals surface area contributed by atoms with Crippen LogP contribution in [0.2, 0.25) is 0 Å². The van der Waals surface area contributed by atoms with Crippen LogP contribution in [0.25, 0.3) is 11.0 Å². The van der Waals surface area contributed by atoms with Crippen LogP contribution in [0.15, 0.2) is 24.5 Å². The average molecular weight is 367 g/mol. The molecule has 1 aliphatic rings. The number of aromatic nitrogens is 2. The maximum absolute atomic E-state index is 12.7. The second-order valence-corrected chi connectivity index (χ2v) is 7.73. The van der Waals surface area contributed by atoms with E-state index < -0.39 is 17.6 Å². The van der Waals surface area contributed by atoms with E-state index in [1.54, 1.807) is 32.3 Å². The number of hydrogen-bond acceptors (Lipinski definition) is 6. The first-order valence-corrected chi connectivity index (χ1v) is 9.23. The summed E-state index contributed by atoms with van der Waals surface area (Å²) in [5.41, 5.74) is 1.66. The van der Waals surface area contributed by atoms with Crippen molar-refractivity contribution in [2.24, 2.45) is 11.8 Å². The van der Waals surface area contributed by atoms with Gasteiger partial charge in [0.25, 0.3) is 0 Å². The Hall–Kier alpha value is -2.56. The molecule has 1 aromatic carbocycles. The highest BCUT2D eigenvalue weighted by atomic mass is 16.3. The summed E-state index contributed by atoms with van der Waals surface area (Å²) < 4.78 is 0. The zero-order valence-corrected chi connectivity index (χ0v) is 15.9. The van der Waals surface area contributed by atoms with Gasteiger partial charge in [-0.3, -0.25) is 14.8 Å². The lowest BCUT2D eigenvalue weighted by Gasteiger charge is -2.42. The number of amides is 1. The molecular formula is C20H25N5O2. The van der Waals surface area contributed by atoms with E-state index in [1.165, 1.54) is 0 Å². The molecule has 1 amide bonds. The molecular weight excluding hydrogens is 342 g/mol. The number of carbonyl (C=O) groups is 1. The molecule has 2 aromatic rings. The molecule has 7 heteroatoms. The van der Waals surface area contributed by atoms with E-state index in [1.807, 2.05) is 6.07 Å². The fourth-order valence-corrected chi connectivity index (χ4v) is 3.78. The number of benzene rings is 1. The lowest BCUT2D eigenvalue weighted by molar-refractivity contribution is -0.134. The van der Waals surface area contributed by atoms with Crippen molar-refractivity contribution in [1.82, 2.24) is 20.6 Å². The molecule has 0 spiro atoms. The summed E-state index contributed by atoms with van der Waals surface area (Å²) in [4.78, 5) is 21.5. The van der Waals surface area contributed by atoms with Crippen LogP contribution >= 0.6 is 0 Å². The highest BCUT2D eigenvalue weighted by Gasteiger charge is 2.41. The maximum Gasteiger partial charge on any atom is 0.249 e. The molecule has 1 fully saturated rings. The molecule has 3 N–H and O–H groups in total. The van der Waals surface area contributed by atoms with Crippen LogP contribution in [0, 0.1) is 23.2 Å². The number of carbonyl (C=O) groups excluding carboxylic acids is 1. The van der Waals surface area contributed by atoms with Crippen LogP contribution < -0.4 is 10.6 Å². The van der Waals surface area contributed by atoms with Gasteiger partial charge in [-0.2, -0.15) is 5.26 Å². The van der Waals surface area contributed by atoms with Gasteiger partial charge >= 0.3 is 0 Å². The Bertz CT molecular complexity index is 892. The third kappa shape index (κ3) is 3.64. The number of rotatable bonds is 4. The van der Waals surface area contributed by atoms with Gasteiger partial charge in [0.1, 0.15) is 17.7 Å². The first-order chi connectivity index (χ1) is 12.9. The zero-order valence-electron chi connectivity index (χ0n) is 15.9. The van der Waals surface area contributed by atoms with Crippen LogP contribution in [0.1, 0.15) is 38.3 Å². The van der Waals surface area contributed by atoms with Crippen molar-refractivity contribution in [2.75, 3.05) is 13.1 Å². The average Bonchev–Trinajstić information content (AvgIpc) is 2.66. The molecule has 0 saturated carbocycles. The maximum atomic E-state index is 12.7. The Morgan fingerprint density at radius 3 is 2.70 bits per heavy atom. The smallest absolute Gasteiger partial charge is 0.249 e. The van der Waals surface area contributed by atoms with Crippen LogP contribution in [-0.2, 0) is 10.3 Å². The van der Waals surface area contributed by atoms with E-state index in [-0.39, 0.29) is 5.92 Å². The number of piperidine rings is 1. The molecule has 0 aliphatic carbocycles. The van der Waals surface area contributed by atoms with Crippen LogP contribution in [-0.4, -0.2) is 40.2 Å². The molecule has 1 aliphatic heterocycles. The monoisotopic (exact) mass is 367 g/mol. The van der Waals surface area contributed by atoms with Crippen molar-refractivity contribution in [3.63, 3.8) is 0 Å². The van der Waals surface area contributed by atoms with Gasteiger partial charge in [0, 0.05) is 24.5 Å². The van der Waals surface area contributed by atoms with Crippen molar-refractivity contribution < 1.29 is 9.90 Å². The third-order valence-corrected chi connectivity index (χ3v) is 5.14. The molecule has 3 rings (SSSR count). The summed E-state index contributed by atoms with van der Waals surface area (Å²) in [6.07, 6.45) is 2.76. The van der Waals surface area contributed by atoms with Crippen LogP contribution in [0.5, 0.6) is 0 Å². The van der Waals surface area contributed by atoms with E-state index in [0.29, 0.717) is 35.5 Å². The van der Waals surface area contributed by atoms with Gasteiger partial charge in [0.15, 0.2) is 0 Å². The van der Waals surface area contributed by atoms with Gasteiger partial charge in [-0.25, -0.2) is 0 Å². The number of aliphatic hydroxyl groups excluding tert-OH is 1. The van der Waals surface area contributed by atoms with E-state index in [2.05, 4.69) is 33.6 Å². The third-order valence-electron chi connectivity index (χ3n) is 5.14. The lowest BCUT2D eigenvalue weighted by Crippen LogP contribution is -2.59. The number of nitrogens with zero attached hydrogens (tertiary/aromatic N) is 3. The first-order valence-electron chi connectivity index (χ1n) is 9.23. The molecule has 1 saturated heterocycles. The summed E-state index contributed by atoms with van der Waals surface area (Å²) in [7, 11) is 0. The van der Waals surface area contributed by atoms with E-state index in [4.69, 9.17) is 0 Å². The summed E-state index contributed by atoms with van der Waals surface area (Å²) >= 11 is 0. The molecule has 7 nitrogen and oxygen atoms in total. The molecule has 2 heterocycles. The minimum atomic E-state index is -1.09. The van der Waals surface area contributed by atoms with E-state index >= 15 is 0 Å². The standard InChI is InChI=1S/C20H25N5O2/c1-12(2)18(26)19(27)25-20(8-13(3)10-22-11-20)15-5-4-14(9-21)16-17(15)24-7-6-23-16/h4-7,12-13,18,22,26H,8,10-11H2,1-3H3,(H,25,27)/t13-,18+,20-/m0/s1. The van der Waals surface area contributed by atoms with E-state index in [0.717, 1.165) is 12.1 Å². The van der Waals surface area contributed by atoms with Gasteiger partial charge < -0.3 is 15.7 Å². The Kier molecular flexibility index (Phi) is 5.40. The molecule has 0 radical (unpaired) electrons. The number of fused-ring (bicyclic) bond motifs is 1. The number of aliphatic hydroxyl groups is 1. The lowest BCUT2D eigenvalue weighted by atomic mass is 9.77. The number of nitrogens with one attached hydrogen (secondary N) is 2. The normalized spacial score (nSPS) is 23.8. The summed E-state index contributed by atoms with van der Waals surface area (Å²) in [5.74, 6) is -0.270. The van der Waals surface area contributed by atoms with Gasteiger partial charge in [-0.05, 0) is 30.9 Å². The Labute approximate surface area is 158 Å². The predicted octanol–water partition coefficient (Wildman–Crippen LogP) is 1.46. The molecule has 0 unspecified atom stereocenters. The molecule has 3 atom stereocenters. The topological polar surface area (TPSA) is 111 Å². The second kappa shape index (κ2) is 7.59. The summed E-state index contributed by atoms with van der Waals surface area (Å²) in [6.45, 7) is 7.10. The summed E-state index contributed by atoms with van der Waals surface area (Å²) in [6, 6.07) is 5.72. The predicted molar refractivity (Wildman–Crippen MR) is 102 cm³/mol. The van der Waals surface area contributed by atoms with Crippen LogP contribution in [0.4, 0.5) is 0 Å². The van der Waals surface area contributed by atoms with Gasteiger partial charge in [-0.15, -0.1) is 0 Å². The number of hydrogen-bond donors (Lipinski definition) is 3. The molecule has 142 valence electrons. The first kappa shape index (κ1) is 19.2. The fourth-order valence-electron chi connectivity index (χ4n) is 3.78. The zero-order chi connectivity index (χ0) is 19.6. The highest BCUT2D eigenvalue weighted by molar-refractivity contribution is 5.86. The van der Waals surface area contributed by atoms with Crippen molar-refractivity contribution in [3.05, 3.63) is 35.7 Å². The molecule has 1 aromatic heterocycles. The van der Waals surface area contributed by atoms with Crippen LogP contribution in [0.3, 0.4) is 0 Å². The minimum Gasteiger partial charge on any atom is -0.383 e. The summed E-state index contributed by atoms with van der Waals surface area (Å²) in [5, 5.41) is 26.1. The van der Waals surface area contributed by atoms with Gasteiger partial charge in [0.2, 0.25) is 5.91 Å². The van der Waals surface area contributed by atoms with Crippen molar-refractivity contribution in [1.29, 1.82) is 5.26 Å². The molecule has 0 bridgehead atoms. The Morgan fingerprint density at radius 2 is 2.07 bits per heavy atom. The van der Waals surface area contributed by atoms with Gasteiger partial charge in [0.05, 0.1) is 16.6 Å². The van der Waals surface area contributed by atoms with Crippen molar-refractivity contribution >= 4 is 16.9 Å². The highest BCUT2D eigenvalue weighted by Crippen LogP contribution is 2.35. The SMILES string of the molecule is CC(C)[C@@H](O)C(=O)N[C@]1(c2ccc(C#N)c3nccnc23)CNC[C@@H](C)C1.